The van der Waals surface area contributed by atoms with Gasteiger partial charge >= 0.3 is 5.97 Å². The average Bonchev–Trinajstić information content (AvgIpc) is 2.85. The fourth-order valence-electron chi connectivity index (χ4n) is 2.01. The molecule has 21 heavy (non-hydrogen) atoms. The van der Waals surface area contributed by atoms with Gasteiger partial charge in [-0.2, -0.15) is 0 Å². The maximum Gasteiger partial charge on any atom is 0.336 e. The Labute approximate surface area is 131 Å². The molecule has 0 atom stereocenters. The fraction of sp³-hybridized carbons (Fsp3) is 0.0714. The van der Waals surface area contributed by atoms with Crippen LogP contribution in [0.1, 0.15) is 15.4 Å². The summed E-state index contributed by atoms with van der Waals surface area (Å²) in [6, 6.07) is 4.11. The van der Waals surface area contributed by atoms with Crippen molar-refractivity contribution < 1.29 is 14.3 Å². The summed E-state index contributed by atoms with van der Waals surface area (Å²) in [5.41, 5.74) is 1.37. The number of carboxylic acids is 1. The first kappa shape index (κ1) is 14.1. The lowest BCUT2D eigenvalue weighted by Gasteiger charge is -2.06. The lowest BCUT2D eigenvalue weighted by molar-refractivity contribution is 0.0699. The second kappa shape index (κ2) is 5.16. The van der Waals surface area contributed by atoms with Crippen LogP contribution in [0.15, 0.2) is 28.1 Å². The normalized spacial score (nSPS) is 11.0. The van der Waals surface area contributed by atoms with Crippen molar-refractivity contribution in [3.63, 3.8) is 0 Å². The van der Waals surface area contributed by atoms with Gasteiger partial charge in [-0.1, -0.05) is 0 Å². The summed E-state index contributed by atoms with van der Waals surface area (Å²) < 4.78 is 13.9. The highest BCUT2D eigenvalue weighted by atomic mass is 79.9. The molecule has 0 amide bonds. The van der Waals surface area contributed by atoms with Crippen LogP contribution in [0.4, 0.5) is 4.39 Å². The summed E-state index contributed by atoms with van der Waals surface area (Å²) >= 11 is 4.50. The molecule has 7 heteroatoms. The SMILES string of the molecule is Cc1nc(-c2cc(C(=O)O)c3cc(Br)c(F)cc3n2)cs1. The number of carboxylic acid groups (broad SMARTS) is 1. The van der Waals surface area contributed by atoms with Crippen molar-refractivity contribution in [3.05, 3.63) is 44.4 Å². The smallest absolute Gasteiger partial charge is 0.336 e. The Morgan fingerprint density at radius 2 is 2.05 bits per heavy atom. The molecule has 0 unspecified atom stereocenters. The van der Waals surface area contributed by atoms with Gasteiger partial charge in [0.1, 0.15) is 5.82 Å². The number of rotatable bonds is 2. The highest BCUT2D eigenvalue weighted by Gasteiger charge is 2.16. The maximum atomic E-state index is 13.7. The number of hydrogen-bond acceptors (Lipinski definition) is 4. The number of aryl methyl sites for hydroxylation is 1. The third kappa shape index (κ3) is 2.54. The third-order valence-electron chi connectivity index (χ3n) is 2.96. The molecule has 4 nitrogen and oxygen atoms in total. The lowest BCUT2D eigenvalue weighted by Crippen LogP contribution is -2.01. The van der Waals surface area contributed by atoms with E-state index in [1.165, 1.54) is 29.5 Å². The zero-order valence-corrected chi connectivity index (χ0v) is 13.1. The minimum Gasteiger partial charge on any atom is -0.478 e. The molecule has 3 aromatic rings. The molecular weight excluding hydrogens is 359 g/mol. The number of pyridine rings is 1. The van der Waals surface area contributed by atoms with Gasteiger partial charge in [0, 0.05) is 16.8 Å². The summed E-state index contributed by atoms with van der Waals surface area (Å²) in [7, 11) is 0. The van der Waals surface area contributed by atoms with Crippen LogP contribution in [0.25, 0.3) is 22.3 Å². The Balaban J connectivity index is 2.34. The molecule has 0 aliphatic rings. The van der Waals surface area contributed by atoms with E-state index < -0.39 is 11.8 Å². The Morgan fingerprint density at radius 3 is 2.67 bits per heavy atom. The third-order valence-corrected chi connectivity index (χ3v) is 4.34. The summed E-state index contributed by atoms with van der Waals surface area (Å²) in [5.74, 6) is -1.58. The molecule has 106 valence electrons. The fourth-order valence-corrected chi connectivity index (χ4v) is 2.96. The molecule has 0 aliphatic carbocycles. The van der Waals surface area contributed by atoms with Crippen molar-refractivity contribution in [2.24, 2.45) is 0 Å². The van der Waals surface area contributed by atoms with Gasteiger partial charge in [-0.25, -0.2) is 19.2 Å². The van der Waals surface area contributed by atoms with Crippen molar-refractivity contribution in [3.8, 4) is 11.4 Å². The first-order valence-electron chi connectivity index (χ1n) is 5.91. The van der Waals surface area contributed by atoms with Crippen LogP contribution in [0.5, 0.6) is 0 Å². The highest BCUT2D eigenvalue weighted by Crippen LogP contribution is 2.29. The van der Waals surface area contributed by atoms with Gasteiger partial charge in [0.2, 0.25) is 0 Å². The van der Waals surface area contributed by atoms with Gasteiger partial charge in [0.05, 0.1) is 31.9 Å². The van der Waals surface area contributed by atoms with Crippen LogP contribution < -0.4 is 0 Å². The van der Waals surface area contributed by atoms with E-state index in [0.717, 1.165) is 5.01 Å². The van der Waals surface area contributed by atoms with Gasteiger partial charge in [-0.3, -0.25) is 0 Å². The summed E-state index contributed by atoms with van der Waals surface area (Å²) in [6.07, 6.45) is 0. The maximum absolute atomic E-state index is 13.7. The minimum absolute atomic E-state index is 0.0707. The van der Waals surface area contributed by atoms with Gasteiger partial charge in [-0.15, -0.1) is 11.3 Å². The molecule has 0 saturated carbocycles. The number of carbonyl (C=O) groups is 1. The van der Waals surface area contributed by atoms with Crippen LogP contribution in [0, 0.1) is 12.7 Å². The average molecular weight is 367 g/mol. The Kier molecular flexibility index (Phi) is 3.46. The zero-order valence-electron chi connectivity index (χ0n) is 10.7. The van der Waals surface area contributed by atoms with E-state index in [4.69, 9.17) is 0 Å². The monoisotopic (exact) mass is 366 g/mol. The minimum atomic E-state index is -1.09. The van der Waals surface area contributed by atoms with Crippen LogP contribution in [0.2, 0.25) is 0 Å². The molecule has 3 rings (SSSR count). The predicted molar refractivity (Wildman–Crippen MR) is 82.2 cm³/mol. The molecule has 0 aliphatic heterocycles. The number of nitrogens with zero attached hydrogens (tertiary/aromatic N) is 2. The standard InChI is InChI=1S/C14H8BrFN2O2S/c1-6-17-13(5-21-6)12-3-8(14(19)20)7-2-9(15)10(16)4-11(7)18-12/h2-5H,1H3,(H,19,20). The molecule has 0 radical (unpaired) electrons. The van der Waals surface area contributed by atoms with E-state index >= 15 is 0 Å². The van der Waals surface area contributed by atoms with Crippen molar-refractivity contribution >= 4 is 44.1 Å². The molecule has 1 aromatic carbocycles. The zero-order chi connectivity index (χ0) is 15.1. The van der Waals surface area contributed by atoms with Gasteiger partial charge in [0.25, 0.3) is 0 Å². The first-order chi connectivity index (χ1) is 9.95. The quantitative estimate of drug-likeness (QED) is 0.735. The number of benzene rings is 1. The van der Waals surface area contributed by atoms with Crippen LogP contribution >= 0.6 is 27.3 Å². The number of fused-ring (bicyclic) bond motifs is 1. The number of aromatic nitrogens is 2. The Bertz CT molecular complexity index is 879. The van der Waals surface area contributed by atoms with Gasteiger partial charge in [-0.05, 0) is 35.0 Å². The molecule has 2 heterocycles. The molecule has 2 aromatic heterocycles. The molecule has 0 spiro atoms. The lowest BCUT2D eigenvalue weighted by atomic mass is 10.1. The van der Waals surface area contributed by atoms with E-state index in [1.807, 2.05) is 6.92 Å². The van der Waals surface area contributed by atoms with E-state index in [1.54, 1.807) is 5.38 Å². The molecule has 0 saturated heterocycles. The van der Waals surface area contributed by atoms with Crippen molar-refractivity contribution in [2.45, 2.75) is 6.92 Å². The molecular formula is C14H8BrFN2O2S. The van der Waals surface area contributed by atoms with Crippen LogP contribution in [0.3, 0.4) is 0 Å². The Morgan fingerprint density at radius 1 is 1.29 bits per heavy atom. The van der Waals surface area contributed by atoms with Gasteiger partial charge in [0.15, 0.2) is 0 Å². The Hall–Kier alpha value is -1.86. The molecule has 0 bridgehead atoms. The summed E-state index contributed by atoms with van der Waals surface area (Å²) in [4.78, 5) is 20.1. The number of hydrogen-bond donors (Lipinski definition) is 1. The topological polar surface area (TPSA) is 63.1 Å². The highest BCUT2D eigenvalue weighted by molar-refractivity contribution is 9.10. The largest absolute Gasteiger partial charge is 0.478 e. The van der Waals surface area contributed by atoms with Crippen molar-refractivity contribution in [2.75, 3.05) is 0 Å². The molecule has 1 N–H and O–H groups in total. The number of aromatic carboxylic acids is 1. The number of thiazole rings is 1. The van der Waals surface area contributed by atoms with E-state index in [-0.39, 0.29) is 15.6 Å². The van der Waals surface area contributed by atoms with Crippen LogP contribution in [-0.2, 0) is 0 Å². The second-order valence-corrected chi connectivity index (χ2v) is 6.31. The van der Waals surface area contributed by atoms with E-state index in [9.17, 15) is 14.3 Å². The predicted octanol–water partition coefficient (Wildman–Crippen LogP) is 4.27. The summed E-state index contributed by atoms with van der Waals surface area (Å²) in [6.45, 7) is 1.85. The number of halogens is 2. The van der Waals surface area contributed by atoms with Crippen LogP contribution in [-0.4, -0.2) is 21.0 Å². The second-order valence-electron chi connectivity index (χ2n) is 4.40. The van der Waals surface area contributed by atoms with Crippen molar-refractivity contribution in [1.82, 2.24) is 9.97 Å². The van der Waals surface area contributed by atoms with Gasteiger partial charge < -0.3 is 5.11 Å². The van der Waals surface area contributed by atoms with E-state index in [2.05, 4.69) is 25.9 Å². The molecule has 0 fully saturated rings. The summed E-state index contributed by atoms with van der Waals surface area (Å²) in [5, 5.41) is 12.4. The van der Waals surface area contributed by atoms with Crippen molar-refractivity contribution in [1.29, 1.82) is 0 Å². The first-order valence-corrected chi connectivity index (χ1v) is 7.58. The van der Waals surface area contributed by atoms with E-state index in [0.29, 0.717) is 16.8 Å².